The van der Waals surface area contributed by atoms with Gasteiger partial charge in [-0.2, -0.15) is 5.10 Å². The molecule has 0 fully saturated rings. The van der Waals surface area contributed by atoms with E-state index in [2.05, 4.69) is 73.8 Å². The fourth-order valence-corrected chi connectivity index (χ4v) is 2.53. The molecule has 0 unspecified atom stereocenters. The Labute approximate surface area is 130 Å². The highest BCUT2D eigenvalue weighted by atomic mass is 79.9. The largest absolute Gasteiger partial charge is 0.230 e. The van der Waals surface area contributed by atoms with Gasteiger partial charge in [-0.05, 0) is 6.07 Å². The summed E-state index contributed by atoms with van der Waals surface area (Å²) >= 11 is 19.8. The zero-order valence-electron chi connectivity index (χ0n) is 7.54. The van der Waals surface area contributed by atoms with Crippen molar-refractivity contribution in [1.82, 2.24) is 14.6 Å². The molecular weight excluding hydrogens is 493 g/mol. The van der Waals surface area contributed by atoms with E-state index >= 15 is 0 Å². The highest BCUT2D eigenvalue weighted by Crippen LogP contribution is 2.35. The smallest absolute Gasteiger partial charge is 0.174 e. The Morgan fingerprint density at radius 1 is 1.19 bits per heavy atom. The number of hydrogen-bond donors (Lipinski definition) is 0. The maximum atomic E-state index is 6.02. The lowest BCUT2D eigenvalue weighted by Gasteiger charge is -2.09. The third-order valence-corrected chi connectivity index (χ3v) is 4.07. The fourth-order valence-electron chi connectivity index (χ4n) is 1.25. The average molecular weight is 497 g/mol. The lowest BCUT2D eigenvalue weighted by Crippen LogP contribution is -2.02. The molecule has 0 N–H and O–H groups in total. The van der Waals surface area contributed by atoms with E-state index < -0.39 is 0 Å². The molecule has 3 nitrogen and oxygen atoms in total. The molecule has 8 heteroatoms. The van der Waals surface area contributed by atoms with Gasteiger partial charge in [0.15, 0.2) is 5.65 Å². The van der Waals surface area contributed by atoms with Crippen molar-refractivity contribution < 1.29 is 0 Å². The molecule has 0 aliphatic heterocycles. The van der Waals surface area contributed by atoms with E-state index in [0.717, 1.165) is 11.4 Å². The first-order valence-electron chi connectivity index (χ1n) is 4.11. The molecule has 2 aromatic rings. The lowest BCUT2D eigenvalue weighted by atomic mass is 10.3. The minimum atomic E-state index is -0.0199. The van der Waals surface area contributed by atoms with Gasteiger partial charge in [0.1, 0.15) is 12.5 Å². The quantitative estimate of drug-likeness (QED) is 0.550. The van der Waals surface area contributed by atoms with Crippen LogP contribution in [-0.4, -0.2) is 14.6 Å². The monoisotopic (exact) mass is 493 g/mol. The SMILES string of the molecule is Clc1cnn2c(C(Br)Br)cc(C(Br)Br)nc12. The van der Waals surface area contributed by atoms with Crippen LogP contribution < -0.4 is 0 Å². The Balaban J connectivity index is 2.75. The summed E-state index contributed by atoms with van der Waals surface area (Å²) in [7, 11) is 0. The van der Waals surface area contributed by atoms with Gasteiger partial charge in [-0.3, -0.25) is 0 Å². The Kier molecular flexibility index (Phi) is 4.33. The van der Waals surface area contributed by atoms with Crippen LogP contribution in [0.4, 0.5) is 0 Å². The van der Waals surface area contributed by atoms with Crippen molar-refractivity contribution in [1.29, 1.82) is 0 Å². The second kappa shape index (κ2) is 5.22. The summed E-state index contributed by atoms with van der Waals surface area (Å²) in [6.45, 7) is 0. The van der Waals surface area contributed by atoms with E-state index in [-0.39, 0.29) is 7.47 Å². The predicted octanol–water partition coefficient (Wildman–Crippen LogP) is 4.96. The zero-order chi connectivity index (χ0) is 11.9. The van der Waals surface area contributed by atoms with Crippen LogP contribution in [0.25, 0.3) is 5.65 Å². The minimum absolute atomic E-state index is 0.0148. The molecule has 0 amide bonds. The third kappa shape index (κ3) is 2.48. The molecule has 0 aromatic carbocycles. The summed E-state index contributed by atoms with van der Waals surface area (Å²) in [6.07, 6.45) is 1.58. The first kappa shape index (κ1) is 13.3. The number of nitrogens with zero attached hydrogens (tertiary/aromatic N) is 3. The van der Waals surface area contributed by atoms with Crippen LogP contribution >= 0.6 is 75.3 Å². The molecule has 0 saturated carbocycles. The van der Waals surface area contributed by atoms with Gasteiger partial charge >= 0.3 is 0 Å². The number of aromatic nitrogens is 3. The van der Waals surface area contributed by atoms with Crippen molar-refractivity contribution in [3.05, 3.63) is 28.7 Å². The normalized spacial score (nSPS) is 11.9. The summed E-state index contributed by atoms with van der Waals surface area (Å²) in [5.74, 6) is 0. The number of hydrogen-bond acceptors (Lipinski definition) is 2. The van der Waals surface area contributed by atoms with Crippen molar-refractivity contribution in [2.24, 2.45) is 0 Å². The maximum Gasteiger partial charge on any atom is 0.174 e. The van der Waals surface area contributed by atoms with Gasteiger partial charge in [-0.1, -0.05) is 75.3 Å². The van der Waals surface area contributed by atoms with Crippen LogP contribution in [0.5, 0.6) is 0 Å². The van der Waals surface area contributed by atoms with Crippen molar-refractivity contribution in [3.63, 3.8) is 0 Å². The predicted molar refractivity (Wildman–Crippen MR) is 79.2 cm³/mol. The van der Waals surface area contributed by atoms with Gasteiger partial charge in [0, 0.05) is 0 Å². The topological polar surface area (TPSA) is 30.2 Å². The zero-order valence-corrected chi connectivity index (χ0v) is 14.6. The van der Waals surface area contributed by atoms with Gasteiger partial charge in [0.2, 0.25) is 0 Å². The van der Waals surface area contributed by atoms with Gasteiger partial charge in [-0.15, -0.1) is 0 Å². The highest BCUT2D eigenvalue weighted by Gasteiger charge is 2.16. The van der Waals surface area contributed by atoms with Crippen LogP contribution in [0.15, 0.2) is 12.3 Å². The second-order valence-corrected chi connectivity index (χ2v) is 9.46. The lowest BCUT2D eigenvalue weighted by molar-refractivity contribution is 0.878. The molecule has 0 aliphatic rings. The van der Waals surface area contributed by atoms with E-state index in [1.165, 1.54) is 0 Å². The summed E-state index contributed by atoms with van der Waals surface area (Å²) in [6, 6.07) is 1.93. The number of fused-ring (bicyclic) bond motifs is 1. The summed E-state index contributed by atoms with van der Waals surface area (Å²) in [5.41, 5.74) is 2.41. The molecule has 0 atom stereocenters. The Morgan fingerprint density at radius 3 is 2.44 bits per heavy atom. The Hall–Kier alpha value is 0.830. The molecule has 16 heavy (non-hydrogen) atoms. The minimum Gasteiger partial charge on any atom is -0.230 e. The standard InChI is InChI=1S/C8H4Br4ClN3/c9-6(10)4-1-5(7(11)12)16-8(15-4)3(13)2-14-16/h1-2,6-7H. The number of alkyl halides is 4. The van der Waals surface area contributed by atoms with Crippen LogP contribution in [-0.2, 0) is 0 Å². The third-order valence-electron chi connectivity index (χ3n) is 1.92. The second-order valence-electron chi connectivity index (χ2n) is 2.94. The molecule has 0 bridgehead atoms. The molecule has 0 aliphatic carbocycles. The van der Waals surface area contributed by atoms with Crippen molar-refractivity contribution in [3.8, 4) is 0 Å². The van der Waals surface area contributed by atoms with Gasteiger partial charge in [-0.25, -0.2) is 9.50 Å². The van der Waals surface area contributed by atoms with Gasteiger partial charge in [0.05, 0.1) is 17.6 Å². The molecule has 86 valence electrons. The summed E-state index contributed by atoms with van der Waals surface area (Å²) < 4.78 is 1.66. The first-order chi connectivity index (χ1) is 7.50. The fraction of sp³-hybridized carbons (Fsp3) is 0.250. The first-order valence-corrected chi connectivity index (χ1v) is 8.15. The molecule has 2 rings (SSSR count). The summed E-state index contributed by atoms with van der Waals surface area (Å²) in [5, 5.41) is 4.70. The van der Waals surface area contributed by atoms with Crippen molar-refractivity contribution >= 4 is 81.0 Å². The highest BCUT2D eigenvalue weighted by molar-refractivity contribution is 9.24. The number of rotatable bonds is 2. The molecule has 0 spiro atoms. The molecule has 2 aromatic heterocycles. The molecule has 0 saturated heterocycles. The van der Waals surface area contributed by atoms with E-state index in [0.29, 0.717) is 10.7 Å². The Morgan fingerprint density at radius 2 is 1.88 bits per heavy atom. The molecule has 0 radical (unpaired) electrons. The maximum absolute atomic E-state index is 6.02. The van der Waals surface area contributed by atoms with E-state index in [1.54, 1.807) is 10.7 Å². The van der Waals surface area contributed by atoms with E-state index in [4.69, 9.17) is 11.6 Å². The van der Waals surface area contributed by atoms with Crippen molar-refractivity contribution in [2.45, 2.75) is 7.47 Å². The molecule has 2 heterocycles. The van der Waals surface area contributed by atoms with Crippen LogP contribution in [0.2, 0.25) is 5.02 Å². The van der Waals surface area contributed by atoms with Crippen LogP contribution in [0, 0.1) is 0 Å². The average Bonchev–Trinajstić information content (AvgIpc) is 2.59. The van der Waals surface area contributed by atoms with Crippen LogP contribution in [0.1, 0.15) is 18.9 Å². The molecular formula is C8H4Br4ClN3. The van der Waals surface area contributed by atoms with Gasteiger partial charge in [0.25, 0.3) is 0 Å². The van der Waals surface area contributed by atoms with Crippen LogP contribution in [0.3, 0.4) is 0 Å². The van der Waals surface area contributed by atoms with Crippen molar-refractivity contribution in [2.75, 3.05) is 0 Å². The van der Waals surface area contributed by atoms with E-state index in [1.807, 2.05) is 6.07 Å². The summed E-state index contributed by atoms with van der Waals surface area (Å²) in [4.78, 5) is 4.41. The number of halogens is 5. The van der Waals surface area contributed by atoms with Gasteiger partial charge < -0.3 is 0 Å². The Bertz CT molecular complexity index is 525. The van der Waals surface area contributed by atoms with E-state index in [9.17, 15) is 0 Å².